The van der Waals surface area contributed by atoms with E-state index in [1.54, 1.807) is 18.7 Å². The highest BCUT2D eigenvalue weighted by Gasteiger charge is 2.24. The van der Waals surface area contributed by atoms with Gasteiger partial charge in [-0.3, -0.25) is 9.59 Å². The molecule has 1 aliphatic rings. The fourth-order valence-electron chi connectivity index (χ4n) is 2.18. The van der Waals surface area contributed by atoms with Gasteiger partial charge in [0.05, 0.1) is 13.0 Å². The van der Waals surface area contributed by atoms with Gasteiger partial charge < -0.3 is 20.6 Å². The van der Waals surface area contributed by atoms with E-state index in [0.29, 0.717) is 0 Å². The Hall–Kier alpha value is -1.79. The molecule has 1 saturated heterocycles. The summed E-state index contributed by atoms with van der Waals surface area (Å²) in [4.78, 5) is 35.9. The van der Waals surface area contributed by atoms with Crippen molar-refractivity contribution >= 4 is 17.9 Å². The maximum absolute atomic E-state index is 11.8. The minimum atomic E-state index is -0.986. The predicted octanol–water partition coefficient (Wildman–Crippen LogP) is 0.551. The molecule has 0 aromatic heterocycles. The number of carbonyl (C=O) groups is 3. The molecular weight excluding hydrogens is 262 g/mol. The Bertz CT molecular complexity index is 376. The number of urea groups is 1. The van der Waals surface area contributed by atoms with E-state index in [1.165, 1.54) is 0 Å². The second-order valence-electron chi connectivity index (χ2n) is 5.70. The predicted molar refractivity (Wildman–Crippen MR) is 73.3 cm³/mol. The largest absolute Gasteiger partial charge is 0.481 e. The molecule has 1 rings (SSSR count). The third kappa shape index (κ3) is 5.90. The summed E-state index contributed by atoms with van der Waals surface area (Å²) in [6, 6.07) is -0.526. The second kappa shape index (κ2) is 7.12. The van der Waals surface area contributed by atoms with Gasteiger partial charge in [0.2, 0.25) is 5.91 Å². The molecule has 0 spiro atoms. The Morgan fingerprint density at radius 1 is 1.15 bits per heavy atom. The van der Waals surface area contributed by atoms with Crippen LogP contribution in [0.15, 0.2) is 0 Å². The molecule has 114 valence electrons. The van der Waals surface area contributed by atoms with Crippen LogP contribution in [-0.4, -0.2) is 53.1 Å². The van der Waals surface area contributed by atoms with Crippen LogP contribution in [0.25, 0.3) is 0 Å². The number of carboxylic acid groups (broad SMARTS) is 1. The van der Waals surface area contributed by atoms with E-state index in [4.69, 9.17) is 5.11 Å². The molecule has 0 aromatic rings. The van der Waals surface area contributed by atoms with Gasteiger partial charge in [0.1, 0.15) is 0 Å². The standard InChI is InChI=1S/C13H23N3O4/c1-13(2,8-11(18)19)15-12(20)14-9-10(17)16-6-4-3-5-7-16/h3-9H2,1-2H3,(H,18,19)(H2,14,15,20). The molecule has 20 heavy (non-hydrogen) atoms. The van der Waals surface area contributed by atoms with Crippen molar-refractivity contribution in [2.45, 2.75) is 45.1 Å². The van der Waals surface area contributed by atoms with Crippen molar-refractivity contribution in [1.82, 2.24) is 15.5 Å². The Balaban J connectivity index is 2.31. The van der Waals surface area contributed by atoms with Gasteiger partial charge in [-0.15, -0.1) is 0 Å². The molecule has 3 N–H and O–H groups in total. The van der Waals surface area contributed by atoms with Crippen LogP contribution in [0.5, 0.6) is 0 Å². The monoisotopic (exact) mass is 285 g/mol. The molecule has 7 heteroatoms. The van der Waals surface area contributed by atoms with E-state index in [0.717, 1.165) is 32.4 Å². The number of hydrogen-bond donors (Lipinski definition) is 3. The fourth-order valence-corrected chi connectivity index (χ4v) is 2.18. The molecule has 0 saturated carbocycles. The fraction of sp³-hybridized carbons (Fsp3) is 0.769. The topological polar surface area (TPSA) is 98.7 Å². The first kappa shape index (κ1) is 16.3. The number of rotatable bonds is 5. The van der Waals surface area contributed by atoms with Crippen LogP contribution in [0.3, 0.4) is 0 Å². The number of nitrogens with one attached hydrogen (secondary N) is 2. The molecule has 7 nitrogen and oxygen atoms in total. The van der Waals surface area contributed by atoms with Crippen LogP contribution in [-0.2, 0) is 9.59 Å². The lowest BCUT2D eigenvalue weighted by molar-refractivity contribution is -0.138. The molecule has 1 fully saturated rings. The number of hydrogen-bond acceptors (Lipinski definition) is 3. The Labute approximate surface area is 118 Å². The zero-order chi connectivity index (χ0) is 15.2. The Morgan fingerprint density at radius 2 is 1.75 bits per heavy atom. The average Bonchev–Trinajstić information content (AvgIpc) is 2.34. The summed E-state index contributed by atoms with van der Waals surface area (Å²) in [7, 11) is 0. The lowest BCUT2D eigenvalue weighted by Crippen LogP contribution is -2.51. The molecule has 0 radical (unpaired) electrons. The van der Waals surface area contributed by atoms with Crippen LogP contribution in [0.4, 0.5) is 4.79 Å². The number of likely N-dealkylation sites (tertiary alicyclic amines) is 1. The van der Waals surface area contributed by atoms with Gasteiger partial charge >= 0.3 is 12.0 Å². The maximum atomic E-state index is 11.8. The lowest BCUT2D eigenvalue weighted by atomic mass is 10.0. The molecule has 0 aromatic carbocycles. The molecule has 0 atom stereocenters. The van der Waals surface area contributed by atoms with Crippen molar-refractivity contribution in [3.8, 4) is 0 Å². The number of amides is 3. The lowest BCUT2D eigenvalue weighted by Gasteiger charge is -2.27. The maximum Gasteiger partial charge on any atom is 0.315 e. The normalized spacial score (nSPS) is 15.6. The van der Waals surface area contributed by atoms with E-state index in [1.807, 2.05) is 0 Å². The molecule has 0 bridgehead atoms. The highest BCUT2D eigenvalue weighted by Crippen LogP contribution is 2.09. The third-order valence-electron chi connectivity index (χ3n) is 3.15. The minimum absolute atomic E-state index is 0.0605. The molecule has 1 heterocycles. The number of aliphatic carboxylic acids is 1. The van der Waals surface area contributed by atoms with Gasteiger partial charge in [-0.25, -0.2) is 4.79 Å². The van der Waals surface area contributed by atoms with Crippen LogP contribution in [0.1, 0.15) is 39.5 Å². The molecule has 0 unspecified atom stereocenters. The number of carbonyl (C=O) groups excluding carboxylic acids is 2. The van der Waals surface area contributed by atoms with Gasteiger partial charge in [-0.05, 0) is 33.1 Å². The zero-order valence-corrected chi connectivity index (χ0v) is 12.1. The second-order valence-corrected chi connectivity index (χ2v) is 5.70. The summed E-state index contributed by atoms with van der Waals surface area (Å²) in [5, 5.41) is 13.7. The van der Waals surface area contributed by atoms with Crippen LogP contribution in [0, 0.1) is 0 Å². The quantitative estimate of drug-likeness (QED) is 0.687. The van der Waals surface area contributed by atoms with E-state index in [9.17, 15) is 14.4 Å². The van der Waals surface area contributed by atoms with Crippen LogP contribution in [0.2, 0.25) is 0 Å². The van der Waals surface area contributed by atoms with E-state index in [-0.39, 0.29) is 18.9 Å². The molecule has 3 amide bonds. The summed E-state index contributed by atoms with van der Waals surface area (Å²) >= 11 is 0. The smallest absolute Gasteiger partial charge is 0.315 e. The van der Waals surface area contributed by atoms with E-state index >= 15 is 0 Å². The van der Waals surface area contributed by atoms with Crippen molar-refractivity contribution < 1.29 is 19.5 Å². The van der Waals surface area contributed by atoms with Crippen LogP contribution >= 0.6 is 0 Å². The van der Waals surface area contributed by atoms with Gasteiger partial charge in [0, 0.05) is 18.6 Å². The van der Waals surface area contributed by atoms with Crippen molar-refractivity contribution in [2.75, 3.05) is 19.6 Å². The number of carboxylic acids is 1. The SMILES string of the molecule is CC(C)(CC(=O)O)NC(=O)NCC(=O)N1CCCCC1. The van der Waals surface area contributed by atoms with Crippen molar-refractivity contribution in [3.05, 3.63) is 0 Å². The van der Waals surface area contributed by atoms with Crippen molar-refractivity contribution in [3.63, 3.8) is 0 Å². The molecule has 1 aliphatic heterocycles. The Morgan fingerprint density at radius 3 is 2.30 bits per heavy atom. The first-order chi connectivity index (χ1) is 9.30. The summed E-state index contributed by atoms with van der Waals surface area (Å²) < 4.78 is 0. The molecule has 0 aliphatic carbocycles. The summed E-state index contributed by atoms with van der Waals surface area (Å²) in [6.07, 6.45) is 2.97. The van der Waals surface area contributed by atoms with E-state index in [2.05, 4.69) is 10.6 Å². The van der Waals surface area contributed by atoms with Crippen molar-refractivity contribution in [2.24, 2.45) is 0 Å². The highest BCUT2D eigenvalue weighted by atomic mass is 16.4. The van der Waals surface area contributed by atoms with Crippen LogP contribution < -0.4 is 10.6 Å². The van der Waals surface area contributed by atoms with Gasteiger partial charge in [-0.1, -0.05) is 0 Å². The van der Waals surface area contributed by atoms with Crippen molar-refractivity contribution in [1.29, 1.82) is 0 Å². The van der Waals surface area contributed by atoms with Gasteiger partial charge in [-0.2, -0.15) is 0 Å². The van der Waals surface area contributed by atoms with E-state index < -0.39 is 17.5 Å². The zero-order valence-electron chi connectivity index (χ0n) is 12.1. The summed E-state index contributed by atoms with van der Waals surface area (Å²) in [5.41, 5.74) is -0.857. The molecular formula is C13H23N3O4. The first-order valence-electron chi connectivity index (χ1n) is 6.86. The number of nitrogens with zero attached hydrogens (tertiary/aromatic N) is 1. The van der Waals surface area contributed by atoms with Gasteiger partial charge in [0.15, 0.2) is 0 Å². The first-order valence-corrected chi connectivity index (χ1v) is 6.86. The Kier molecular flexibility index (Phi) is 5.79. The number of piperidine rings is 1. The minimum Gasteiger partial charge on any atom is -0.481 e. The van der Waals surface area contributed by atoms with Gasteiger partial charge in [0.25, 0.3) is 0 Å². The third-order valence-corrected chi connectivity index (χ3v) is 3.15. The average molecular weight is 285 g/mol. The summed E-state index contributed by atoms with van der Waals surface area (Å²) in [5.74, 6) is -1.09. The highest BCUT2D eigenvalue weighted by molar-refractivity contribution is 5.84. The summed E-state index contributed by atoms with van der Waals surface area (Å²) in [6.45, 7) is 4.66.